The van der Waals surface area contributed by atoms with Gasteiger partial charge >= 0.3 is 5.97 Å². The summed E-state index contributed by atoms with van der Waals surface area (Å²) in [5, 5.41) is 21.5. The zero-order valence-corrected chi connectivity index (χ0v) is 15.8. The summed E-state index contributed by atoms with van der Waals surface area (Å²) < 4.78 is 1.72. The standard InChI is InChI=1S/C23H19N3O3/c1-2-16-7-3-4-11-21(16)25-22(27)18(15-24)14-20-10-6-12-26(20)19-9-5-8-17(13-19)23(28)29/h3-14H,2H2,1H3,(H,25,27)(H,28,29). The van der Waals surface area contributed by atoms with Crippen LogP contribution in [0, 0.1) is 11.3 Å². The Bertz CT molecular complexity index is 1140. The van der Waals surface area contributed by atoms with Crippen molar-refractivity contribution in [2.45, 2.75) is 13.3 Å². The molecule has 6 heteroatoms. The van der Waals surface area contributed by atoms with Gasteiger partial charge in [-0.3, -0.25) is 4.79 Å². The maximum absolute atomic E-state index is 12.6. The largest absolute Gasteiger partial charge is 0.478 e. The number of carbonyl (C=O) groups excluding carboxylic acids is 1. The Balaban J connectivity index is 1.92. The molecule has 1 aromatic heterocycles. The number of para-hydroxylation sites is 1. The van der Waals surface area contributed by atoms with Crippen LogP contribution in [-0.2, 0) is 11.2 Å². The molecule has 0 aliphatic heterocycles. The molecule has 0 aliphatic rings. The number of hydrogen-bond donors (Lipinski definition) is 2. The van der Waals surface area contributed by atoms with E-state index in [0.29, 0.717) is 17.1 Å². The molecule has 0 unspecified atom stereocenters. The van der Waals surface area contributed by atoms with Gasteiger partial charge in [-0.25, -0.2) is 4.79 Å². The Morgan fingerprint density at radius 3 is 2.66 bits per heavy atom. The molecule has 2 N–H and O–H groups in total. The van der Waals surface area contributed by atoms with E-state index in [2.05, 4.69) is 5.32 Å². The quantitative estimate of drug-likeness (QED) is 0.489. The number of aromatic nitrogens is 1. The van der Waals surface area contributed by atoms with Crippen molar-refractivity contribution in [2.75, 3.05) is 5.32 Å². The van der Waals surface area contributed by atoms with Gasteiger partial charge in [0.2, 0.25) is 0 Å². The number of rotatable bonds is 6. The molecule has 1 heterocycles. The number of carboxylic acid groups (broad SMARTS) is 1. The number of carboxylic acids is 1. The topological polar surface area (TPSA) is 95.1 Å². The average molecular weight is 385 g/mol. The van der Waals surface area contributed by atoms with Crippen molar-refractivity contribution < 1.29 is 14.7 Å². The van der Waals surface area contributed by atoms with E-state index in [-0.39, 0.29) is 11.1 Å². The third-order valence-corrected chi connectivity index (χ3v) is 4.46. The first-order valence-corrected chi connectivity index (χ1v) is 9.05. The molecule has 29 heavy (non-hydrogen) atoms. The molecule has 0 spiro atoms. The summed E-state index contributed by atoms with van der Waals surface area (Å²) in [5.74, 6) is -1.52. The van der Waals surface area contributed by atoms with E-state index in [1.165, 1.54) is 18.2 Å². The minimum Gasteiger partial charge on any atom is -0.478 e. The Labute approximate surface area is 168 Å². The van der Waals surface area contributed by atoms with Gasteiger partial charge in [0.1, 0.15) is 11.6 Å². The second-order valence-electron chi connectivity index (χ2n) is 6.29. The van der Waals surface area contributed by atoms with Crippen LogP contribution in [0.5, 0.6) is 0 Å². The lowest BCUT2D eigenvalue weighted by molar-refractivity contribution is -0.112. The normalized spacial score (nSPS) is 11.0. The van der Waals surface area contributed by atoms with E-state index in [1.807, 2.05) is 31.2 Å². The number of nitrogens with zero attached hydrogens (tertiary/aromatic N) is 2. The smallest absolute Gasteiger partial charge is 0.335 e. The molecule has 0 saturated heterocycles. The van der Waals surface area contributed by atoms with E-state index in [4.69, 9.17) is 0 Å². The third kappa shape index (κ3) is 4.42. The molecule has 6 nitrogen and oxygen atoms in total. The minimum atomic E-state index is -1.03. The van der Waals surface area contributed by atoms with Crippen molar-refractivity contribution in [2.24, 2.45) is 0 Å². The number of nitriles is 1. The van der Waals surface area contributed by atoms with Crippen LogP contribution < -0.4 is 5.32 Å². The van der Waals surface area contributed by atoms with Gasteiger partial charge in [0.15, 0.2) is 0 Å². The molecule has 1 amide bonds. The maximum atomic E-state index is 12.6. The van der Waals surface area contributed by atoms with Crippen molar-refractivity contribution >= 4 is 23.6 Å². The third-order valence-electron chi connectivity index (χ3n) is 4.46. The number of amides is 1. The Morgan fingerprint density at radius 1 is 1.14 bits per heavy atom. The summed E-state index contributed by atoms with van der Waals surface area (Å²) in [4.78, 5) is 23.9. The zero-order chi connectivity index (χ0) is 20.8. The van der Waals surface area contributed by atoms with Crippen LogP contribution in [-0.4, -0.2) is 21.6 Å². The highest BCUT2D eigenvalue weighted by Crippen LogP contribution is 2.19. The van der Waals surface area contributed by atoms with E-state index >= 15 is 0 Å². The summed E-state index contributed by atoms with van der Waals surface area (Å²) in [6.45, 7) is 1.99. The van der Waals surface area contributed by atoms with Gasteiger partial charge in [-0.1, -0.05) is 31.2 Å². The summed E-state index contributed by atoms with van der Waals surface area (Å²) >= 11 is 0. The van der Waals surface area contributed by atoms with Crippen LogP contribution in [0.4, 0.5) is 5.69 Å². The number of aryl methyl sites for hydroxylation is 1. The van der Waals surface area contributed by atoms with Crippen molar-refractivity contribution in [3.8, 4) is 11.8 Å². The molecular weight excluding hydrogens is 366 g/mol. The van der Waals surface area contributed by atoms with Gasteiger partial charge in [-0.15, -0.1) is 0 Å². The molecular formula is C23H19N3O3. The van der Waals surface area contributed by atoms with Crippen molar-refractivity contribution in [3.63, 3.8) is 0 Å². The molecule has 144 valence electrons. The highest BCUT2D eigenvalue weighted by Gasteiger charge is 2.13. The summed E-state index contributed by atoms with van der Waals surface area (Å²) in [6, 6.07) is 19.3. The number of benzene rings is 2. The fourth-order valence-electron chi connectivity index (χ4n) is 2.97. The van der Waals surface area contributed by atoms with Gasteiger partial charge in [0.05, 0.1) is 5.56 Å². The number of anilines is 1. The van der Waals surface area contributed by atoms with Crippen LogP contribution in [0.25, 0.3) is 11.8 Å². The minimum absolute atomic E-state index is 0.0507. The van der Waals surface area contributed by atoms with Crippen molar-refractivity contribution in [3.05, 3.63) is 89.3 Å². The molecule has 0 saturated carbocycles. The second-order valence-corrected chi connectivity index (χ2v) is 6.29. The first-order chi connectivity index (χ1) is 14.0. The van der Waals surface area contributed by atoms with Crippen LogP contribution >= 0.6 is 0 Å². The van der Waals surface area contributed by atoms with E-state index in [1.54, 1.807) is 41.1 Å². The Hall–Kier alpha value is -4.11. The van der Waals surface area contributed by atoms with Gasteiger partial charge in [-0.05, 0) is 54.5 Å². The van der Waals surface area contributed by atoms with E-state index in [9.17, 15) is 20.0 Å². The summed E-state index contributed by atoms with van der Waals surface area (Å²) in [6.07, 6.45) is 3.98. The number of aromatic carboxylic acids is 1. The highest BCUT2D eigenvalue weighted by molar-refractivity contribution is 6.09. The molecule has 0 radical (unpaired) electrons. The fourth-order valence-corrected chi connectivity index (χ4v) is 2.97. The molecule has 0 aliphatic carbocycles. The lowest BCUT2D eigenvalue weighted by Gasteiger charge is -2.10. The van der Waals surface area contributed by atoms with Crippen LogP contribution in [0.3, 0.4) is 0 Å². The number of hydrogen-bond acceptors (Lipinski definition) is 3. The second kappa shape index (κ2) is 8.72. The molecule has 3 rings (SSSR count). The lowest BCUT2D eigenvalue weighted by atomic mass is 10.1. The molecule has 3 aromatic rings. The van der Waals surface area contributed by atoms with E-state index < -0.39 is 11.9 Å². The number of nitrogens with one attached hydrogen (secondary N) is 1. The molecule has 0 fully saturated rings. The molecule has 2 aromatic carbocycles. The Morgan fingerprint density at radius 2 is 1.93 bits per heavy atom. The van der Waals surface area contributed by atoms with Gasteiger partial charge in [0.25, 0.3) is 5.91 Å². The predicted octanol–water partition coefficient (Wildman–Crippen LogP) is 4.28. The maximum Gasteiger partial charge on any atom is 0.335 e. The highest BCUT2D eigenvalue weighted by atomic mass is 16.4. The SMILES string of the molecule is CCc1ccccc1NC(=O)C(C#N)=Cc1cccn1-c1cccc(C(=O)O)c1. The van der Waals surface area contributed by atoms with Crippen LogP contribution in [0.1, 0.15) is 28.5 Å². The average Bonchev–Trinajstić information content (AvgIpc) is 3.20. The monoisotopic (exact) mass is 385 g/mol. The van der Waals surface area contributed by atoms with Crippen LogP contribution in [0.15, 0.2) is 72.4 Å². The zero-order valence-electron chi connectivity index (χ0n) is 15.8. The molecule has 0 bridgehead atoms. The lowest BCUT2D eigenvalue weighted by Crippen LogP contribution is -2.15. The summed E-state index contributed by atoms with van der Waals surface area (Å²) in [5.41, 5.74) is 2.96. The van der Waals surface area contributed by atoms with Gasteiger partial charge < -0.3 is 15.0 Å². The molecule has 0 atom stereocenters. The Kier molecular flexibility index (Phi) is 5.91. The number of carbonyl (C=O) groups is 2. The van der Waals surface area contributed by atoms with Crippen LogP contribution in [0.2, 0.25) is 0 Å². The first kappa shape index (κ1) is 19.6. The fraction of sp³-hybridized carbons (Fsp3) is 0.0870. The summed E-state index contributed by atoms with van der Waals surface area (Å²) in [7, 11) is 0. The first-order valence-electron chi connectivity index (χ1n) is 9.05. The van der Waals surface area contributed by atoms with Crippen molar-refractivity contribution in [1.82, 2.24) is 4.57 Å². The van der Waals surface area contributed by atoms with Gasteiger partial charge in [-0.2, -0.15) is 5.26 Å². The van der Waals surface area contributed by atoms with E-state index in [0.717, 1.165) is 12.0 Å². The van der Waals surface area contributed by atoms with Gasteiger partial charge in [0, 0.05) is 23.3 Å². The van der Waals surface area contributed by atoms with Crippen molar-refractivity contribution in [1.29, 1.82) is 5.26 Å². The predicted molar refractivity (Wildman–Crippen MR) is 111 cm³/mol.